The molecule has 6 rings (SSSR count). The Morgan fingerprint density at radius 3 is 1.22 bits per heavy atom. The van der Waals surface area contributed by atoms with Gasteiger partial charge in [-0.2, -0.15) is 0 Å². The maximum atomic E-state index is 8.17. The first kappa shape index (κ1) is 26.4. The molecule has 4 fully saturated rings. The normalized spacial score (nSPS) is 24.8. The van der Waals surface area contributed by atoms with Gasteiger partial charge in [-0.05, 0) is 23.3 Å². The molecule has 2 aromatic carbocycles. The van der Waals surface area contributed by atoms with Gasteiger partial charge in [0.25, 0.3) is 0 Å². The number of anilines is 2. The van der Waals surface area contributed by atoms with Gasteiger partial charge >= 0.3 is 0 Å². The first-order chi connectivity index (χ1) is 18.1. The van der Waals surface area contributed by atoms with Crippen LogP contribution in [0.4, 0.5) is 11.4 Å². The fourth-order valence-corrected chi connectivity index (χ4v) is 4.42. The molecule has 4 atom stereocenters. The molecule has 0 aliphatic carbocycles. The highest BCUT2D eigenvalue weighted by molar-refractivity contribution is 5.60. The average molecular weight is 515 g/mol. The van der Waals surface area contributed by atoms with Crippen molar-refractivity contribution in [3.8, 4) is 0 Å². The number of epoxide rings is 4. The number of nitrogens with zero attached hydrogens (tertiary/aromatic N) is 2. The summed E-state index contributed by atoms with van der Waals surface area (Å²) in [6.45, 7) is 6.48. The van der Waals surface area contributed by atoms with Gasteiger partial charge in [0.2, 0.25) is 0 Å². The third-order valence-electron chi connectivity index (χ3n) is 6.77. The molecule has 4 aliphatic heterocycles. The molecule has 9 nitrogen and oxygen atoms in total. The molecule has 0 bridgehead atoms. The highest BCUT2D eigenvalue weighted by atomic mass is 16.6. The van der Waals surface area contributed by atoms with Crippen molar-refractivity contribution in [2.24, 2.45) is 0 Å². The van der Waals surface area contributed by atoms with Gasteiger partial charge < -0.3 is 44.1 Å². The quantitative estimate of drug-likeness (QED) is 0.315. The Hall–Kier alpha value is -2.24. The molecule has 4 aliphatic rings. The van der Waals surface area contributed by atoms with Crippen LogP contribution < -0.4 is 9.80 Å². The summed E-state index contributed by atoms with van der Waals surface area (Å²) in [5.74, 6) is 0. The predicted molar refractivity (Wildman–Crippen MR) is 139 cm³/mol. The van der Waals surface area contributed by atoms with E-state index < -0.39 is 6.10 Å². The first-order valence-corrected chi connectivity index (χ1v) is 13.1. The van der Waals surface area contributed by atoms with Crippen LogP contribution in [0.5, 0.6) is 0 Å². The summed E-state index contributed by atoms with van der Waals surface area (Å²) in [6.07, 6.45) is 1.36. The highest BCUT2D eigenvalue weighted by Gasteiger charge is 2.33. The summed E-state index contributed by atoms with van der Waals surface area (Å²) in [5.41, 5.74) is 5.29. The van der Waals surface area contributed by atoms with E-state index in [-0.39, 0.29) is 13.2 Å². The van der Waals surface area contributed by atoms with E-state index >= 15 is 0 Å². The van der Waals surface area contributed by atoms with Crippen LogP contribution >= 0.6 is 0 Å². The number of aliphatic hydroxyl groups excluding tert-OH is 3. The van der Waals surface area contributed by atoms with Crippen LogP contribution in [-0.4, -0.2) is 112 Å². The Balaban J connectivity index is 0.000000421. The number of ether oxygens (including phenoxy) is 4. The van der Waals surface area contributed by atoms with Crippen LogP contribution in [0.15, 0.2) is 48.5 Å². The Morgan fingerprint density at radius 2 is 0.946 bits per heavy atom. The molecular weight excluding hydrogens is 476 g/mol. The standard InChI is InChI=1S/C25H30N2O4.C3H8O3/c1-3-7-24(26(10-20-14-28-20)11-21-15-29-21)18(5-1)9-19-6-2-4-8-25(19)27(12-22-16-30-22)13-23-17-31-23;4-1-3(6)2-5/h1-8,20-23H,9-17H2;3-6H,1-2H2. The Kier molecular flexibility index (Phi) is 8.93. The zero-order valence-corrected chi connectivity index (χ0v) is 21.2. The van der Waals surface area contributed by atoms with Crippen molar-refractivity contribution >= 4 is 11.4 Å². The lowest BCUT2D eigenvalue weighted by Gasteiger charge is -2.28. The lowest BCUT2D eigenvalue weighted by molar-refractivity contribution is 0.0450. The van der Waals surface area contributed by atoms with Gasteiger partial charge in [0.1, 0.15) is 6.10 Å². The minimum absolute atomic E-state index is 0.353. The number of hydrogen-bond donors (Lipinski definition) is 3. The lowest BCUT2D eigenvalue weighted by atomic mass is 10.00. The molecule has 4 saturated heterocycles. The molecule has 4 unspecified atom stereocenters. The number of hydrogen-bond acceptors (Lipinski definition) is 9. The van der Waals surface area contributed by atoms with Crippen LogP contribution in [0.3, 0.4) is 0 Å². The molecule has 4 heterocycles. The zero-order valence-electron chi connectivity index (χ0n) is 21.2. The van der Waals surface area contributed by atoms with Crippen molar-refractivity contribution < 1.29 is 34.3 Å². The molecule has 37 heavy (non-hydrogen) atoms. The molecule has 0 spiro atoms. The average Bonchev–Trinajstić information content (AvgIpc) is 3.74. The molecule has 9 heteroatoms. The smallest absolute Gasteiger partial charge is 0.100 e. The maximum Gasteiger partial charge on any atom is 0.100 e. The maximum absolute atomic E-state index is 8.17. The molecular formula is C28H38N2O7. The second-order valence-electron chi connectivity index (χ2n) is 10.1. The second kappa shape index (κ2) is 12.5. The minimum atomic E-state index is -0.954. The molecule has 0 aromatic heterocycles. The van der Waals surface area contributed by atoms with Crippen molar-refractivity contribution in [1.82, 2.24) is 0 Å². The summed E-state index contributed by atoms with van der Waals surface area (Å²) in [7, 11) is 0. The fourth-order valence-electron chi connectivity index (χ4n) is 4.42. The summed E-state index contributed by atoms with van der Waals surface area (Å²) in [4.78, 5) is 4.92. The number of para-hydroxylation sites is 2. The van der Waals surface area contributed by atoms with Crippen LogP contribution in [0, 0.1) is 0 Å². The van der Waals surface area contributed by atoms with Gasteiger partial charge in [-0.1, -0.05) is 36.4 Å². The van der Waals surface area contributed by atoms with Crippen molar-refractivity contribution in [2.45, 2.75) is 36.9 Å². The first-order valence-electron chi connectivity index (χ1n) is 13.1. The van der Waals surface area contributed by atoms with E-state index in [4.69, 9.17) is 34.3 Å². The molecule has 3 N–H and O–H groups in total. The van der Waals surface area contributed by atoms with E-state index in [1.54, 1.807) is 0 Å². The van der Waals surface area contributed by atoms with Gasteiger partial charge in [-0.3, -0.25) is 0 Å². The van der Waals surface area contributed by atoms with E-state index in [1.807, 2.05) is 0 Å². The Bertz CT molecular complexity index is 887. The Morgan fingerprint density at radius 1 is 0.622 bits per heavy atom. The summed E-state index contributed by atoms with van der Waals surface area (Å²) in [5, 5.41) is 24.0. The second-order valence-corrected chi connectivity index (χ2v) is 10.1. The molecule has 202 valence electrons. The zero-order chi connectivity index (χ0) is 25.6. The van der Waals surface area contributed by atoms with E-state index in [2.05, 4.69) is 58.3 Å². The lowest BCUT2D eigenvalue weighted by Crippen LogP contribution is -2.33. The largest absolute Gasteiger partial charge is 0.394 e. The molecule has 0 amide bonds. The topological polar surface area (TPSA) is 117 Å². The van der Waals surface area contributed by atoms with Crippen LogP contribution in [0.1, 0.15) is 11.1 Å². The SMILES string of the molecule is OCC(O)CO.c1ccc(N(CC2CO2)CC2CO2)c(Cc2ccccc2N(CC2CO2)CC2CO2)c1. The van der Waals surface area contributed by atoms with Crippen molar-refractivity contribution in [3.05, 3.63) is 59.7 Å². The third kappa shape index (κ3) is 8.38. The van der Waals surface area contributed by atoms with E-state index in [0.29, 0.717) is 24.4 Å². The fraction of sp³-hybridized carbons (Fsp3) is 0.571. The van der Waals surface area contributed by atoms with Crippen LogP contribution in [0.2, 0.25) is 0 Å². The van der Waals surface area contributed by atoms with E-state index in [9.17, 15) is 0 Å². The Labute approximate surface area is 218 Å². The van der Waals surface area contributed by atoms with Crippen molar-refractivity contribution in [2.75, 3.05) is 75.6 Å². The highest BCUT2D eigenvalue weighted by Crippen LogP contribution is 2.32. The van der Waals surface area contributed by atoms with Gasteiger partial charge in [-0.15, -0.1) is 0 Å². The number of rotatable bonds is 14. The monoisotopic (exact) mass is 514 g/mol. The number of benzene rings is 2. The van der Waals surface area contributed by atoms with E-state index in [0.717, 1.165) is 59.0 Å². The summed E-state index contributed by atoms with van der Waals surface area (Å²) in [6, 6.07) is 17.6. The van der Waals surface area contributed by atoms with Gasteiger partial charge in [0, 0.05) is 44.0 Å². The number of aliphatic hydroxyl groups is 3. The van der Waals surface area contributed by atoms with Gasteiger partial charge in [-0.25, -0.2) is 0 Å². The predicted octanol–water partition coefficient (Wildman–Crippen LogP) is 0.817. The minimum Gasteiger partial charge on any atom is -0.394 e. The van der Waals surface area contributed by atoms with Crippen LogP contribution in [-0.2, 0) is 25.4 Å². The van der Waals surface area contributed by atoms with Crippen molar-refractivity contribution in [1.29, 1.82) is 0 Å². The van der Waals surface area contributed by atoms with E-state index in [1.165, 1.54) is 22.5 Å². The van der Waals surface area contributed by atoms with Crippen LogP contribution in [0.25, 0.3) is 0 Å². The molecule has 0 saturated carbocycles. The van der Waals surface area contributed by atoms with Gasteiger partial charge in [0.15, 0.2) is 0 Å². The molecule has 2 aromatic rings. The van der Waals surface area contributed by atoms with Gasteiger partial charge in [0.05, 0.1) is 64.1 Å². The summed E-state index contributed by atoms with van der Waals surface area (Å²) >= 11 is 0. The van der Waals surface area contributed by atoms with Crippen molar-refractivity contribution in [3.63, 3.8) is 0 Å². The molecule has 0 radical (unpaired) electrons. The third-order valence-corrected chi connectivity index (χ3v) is 6.77. The summed E-state index contributed by atoms with van der Waals surface area (Å²) < 4.78 is 22.2.